The van der Waals surface area contributed by atoms with Gasteiger partial charge in [-0.2, -0.15) is 0 Å². The first-order valence-corrected chi connectivity index (χ1v) is 8.27. The van der Waals surface area contributed by atoms with Crippen molar-refractivity contribution >= 4 is 38.4 Å². The van der Waals surface area contributed by atoms with Crippen molar-refractivity contribution in [3.05, 3.63) is 54.1 Å². The highest BCUT2D eigenvalue weighted by atomic mass is 32.1. The molecule has 3 rings (SSSR count). The number of nitrogens with zero attached hydrogens (tertiary/aromatic N) is 1. The van der Waals surface area contributed by atoms with Crippen LogP contribution in [0.4, 0.5) is 15.6 Å². The molecule has 1 heterocycles. The van der Waals surface area contributed by atoms with Gasteiger partial charge in [-0.3, -0.25) is 5.32 Å². The predicted molar refractivity (Wildman–Crippen MR) is 97.4 cm³/mol. The standard InChI is InChI=1S/C18H19N3OS/c1-18(2,3)12-9-10-14-15(11-12)23-17(20-14)21-16(22)19-13-7-5-4-6-8-13/h4-11H,1-3H3,(H2,19,20,21,22). The molecule has 118 valence electrons. The number of thiazole rings is 1. The van der Waals surface area contributed by atoms with E-state index in [1.165, 1.54) is 16.9 Å². The van der Waals surface area contributed by atoms with Gasteiger partial charge >= 0.3 is 6.03 Å². The van der Waals surface area contributed by atoms with E-state index >= 15 is 0 Å². The van der Waals surface area contributed by atoms with Gasteiger partial charge in [0, 0.05) is 5.69 Å². The Labute approximate surface area is 139 Å². The maximum atomic E-state index is 12.0. The van der Waals surface area contributed by atoms with Crippen molar-refractivity contribution in [1.82, 2.24) is 4.98 Å². The van der Waals surface area contributed by atoms with E-state index in [-0.39, 0.29) is 11.4 Å². The minimum atomic E-state index is -0.286. The number of fused-ring (bicyclic) bond motifs is 1. The maximum absolute atomic E-state index is 12.0. The van der Waals surface area contributed by atoms with Crippen LogP contribution in [0.25, 0.3) is 10.2 Å². The van der Waals surface area contributed by atoms with Crippen LogP contribution in [0.15, 0.2) is 48.5 Å². The van der Waals surface area contributed by atoms with E-state index in [0.29, 0.717) is 5.13 Å². The average Bonchev–Trinajstić information content (AvgIpc) is 2.88. The third-order valence-electron chi connectivity index (χ3n) is 3.51. The molecule has 0 bridgehead atoms. The van der Waals surface area contributed by atoms with Crippen molar-refractivity contribution in [2.24, 2.45) is 0 Å². The Morgan fingerprint density at radius 2 is 1.78 bits per heavy atom. The minimum absolute atomic E-state index is 0.0937. The number of carbonyl (C=O) groups excluding carboxylic acids is 1. The lowest BCUT2D eigenvalue weighted by Gasteiger charge is -2.18. The summed E-state index contributed by atoms with van der Waals surface area (Å²) in [6.07, 6.45) is 0. The number of anilines is 2. The van der Waals surface area contributed by atoms with Gasteiger partial charge in [-0.1, -0.05) is 56.4 Å². The summed E-state index contributed by atoms with van der Waals surface area (Å²) in [5, 5.41) is 6.18. The summed E-state index contributed by atoms with van der Waals surface area (Å²) in [4.78, 5) is 16.5. The quantitative estimate of drug-likeness (QED) is 0.677. The van der Waals surface area contributed by atoms with Gasteiger partial charge in [-0.25, -0.2) is 9.78 Å². The first-order valence-electron chi connectivity index (χ1n) is 7.46. The van der Waals surface area contributed by atoms with Crippen LogP contribution >= 0.6 is 11.3 Å². The average molecular weight is 325 g/mol. The highest BCUT2D eigenvalue weighted by Gasteiger charge is 2.15. The molecule has 0 saturated carbocycles. The van der Waals surface area contributed by atoms with Crippen LogP contribution < -0.4 is 10.6 Å². The molecule has 0 atom stereocenters. The Morgan fingerprint density at radius 3 is 2.48 bits per heavy atom. The van der Waals surface area contributed by atoms with Gasteiger partial charge in [0.1, 0.15) is 0 Å². The van der Waals surface area contributed by atoms with E-state index in [9.17, 15) is 4.79 Å². The van der Waals surface area contributed by atoms with Gasteiger partial charge < -0.3 is 5.32 Å². The molecule has 0 saturated heterocycles. The summed E-state index contributed by atoms with van der Waals surface area (Å²) >= 11 is 1.48. The Bertz CT molecular complexity index is 834. The van der Waals surface area contributed by atoms with Crippen molar-refractivity contribution in [2.45, 2.75) is 26.2 Å². The highest BCUT2D eigenvalue weighted by molar-refractivity contribution is 7.22. The molecule has 0 aliphatic rings. The molecule has 3 aromatic rings. The number of urea groups is 1. The summed E-state index contributed by atoms with van der Waals surface area (Å²) < 4.78 is 1.08. The molecular formula is C18H19N3OS. The molecule has 2 N–H and O–H groups in total. The molecule has 0 unspecified atom stereocenters. The lowest BCUT2D eigenvalue weighted by molar-refractivity contribution is 0.262. The zero-order valence-electron chi connectivity index (χ0n) is 13.4. The summed E-state index contributed by atoms with van der Waals surface area (Å²) in [6.45, 7) is 6.55. The van der Waals surface area contributed by atoms with E-state index in [1.54, 1.807) is 0 Å². The molecule has 0 fully saturated rings. The Kier molecular flexibility index (Phi) is 4.05. The summed E-state index contributed by atoms with van der Waals surface area (Å²) in [6, 6.07) is 15.3. The van der Waals surface area contributed by atoms with Crippen LogP contribution in [-0.2, 0) is 5.41 Å². The lowest BCUT2D eigenvalue weighted by Crippen LogP contribution is -2.19. The van der Waals surface area contributed by atoms with Crippen LogP contribution in [0.5, 0.6) is 0 Å². The lowest BCUT2D eigenvalue weighted by atomic mass is 9.87. The SMILES string of the molecule is CC(C)(C)c1ccc2nc(NC(=O)Nc3ccccc3)sc2c1. The van der Waals surface area contributed by atoms with Crippen LogP contribution in [0.1, 0.15) is 26.3 Å². The second-order valence-electron chi connectivity index (χ2n) is 6.40. The molecule has 2 aromatic carbocycles. The minimum Gasteiger partial charge on any atom is -0.308 e. The number of rotatable bonds is 2. The van der Waals surface area contributed by atoms with Gasteiger partial charge in [-0.05, 0) is 35.2 Å². The summed E-state index contributed by atoms with van der Waals surface area (Å²) in [5.41, 5.74) is 3.00. The number of hydrogen-bond donors (Lipinski definition) is 2. The van der Waals surface area contributed by atoms with Crippen molar-refractivity contribution in [2.75, 3.05) is 10.6 Å². The van der Waals surface area contributed by atoms with E-state index in [4.69, 9.17) is 0 Å². The second-order valence-corrected chi connectivity index (χ2v) is 7.43. The normalized spacial score (nSPS) is 11.4. The molecule has 0 aliphatic heterocycles. The number of hydrogen-bond acceptors (Lipinski definition) is 3. The summed E-state index contributed by atoms with van der Waals surface area (Å²) in [7, 11) is 0. The fourth-order valence-electron chi connectivity index (χ4n) is 2.23. The van der Waals surface area contributed by atoms with Crippen molar-refractivity contribution in [3.8, 4) is 0 Å². The fraction of sp³-hybridized carbons (Fsp3) is 0.222. The Balaban J connectivity index is 1.77. The Hall–Kier alpha value is -2.40. The topological polar surface area (TPSA) is 54.0 Å². The van der Waals surface area contributed by atoms with Gasteiger partial charge in [0.25, 0.3) is 0 Å². The first kappa shape index (κ1) is 15.5. The molecule has 0 aliphatic carbocycles. The maximum Gasteiger partial charge on any atom is 0.325 e. The fourth-order valence-corrected chi connectivity index (χ4v) is 3.13. The second kappa shape index (κ2) is 6.01. The zero-order chi connectivity index (χ0) is 16.4. The van der Waals surface area contributed by atoms with Crippen LogP contribution in [-0.4, -0.2) is 11.0 Å². The number of benzene rings is 2. The first-order chi connectivity index (χ1) is 10.9. The third kappa shape index (κ3) is 3.68. The molecular weight excluding hydrogens is 306 g/mol. The van der Waals surface area contributed by atoms with E-state index in [1.807, 2.05) is 36.4 Å². The number of amides is 2. The molecule has 23 heavy (non-hydrogen) atoms. The summed E-state index contributed by atoms with van der Waals surface area (Å²) in [5.74, 6) is 0. The van der Waals surface area contributed by atoms with Crippen molar-refractivity contribution in [3.63, 3.8) is 0 Å². The highest BCUT2D eigenvalue weighted by Crippen LogP contribution is 2.31. The van der Waals surface area contributed by atoms with Crippen molar-refractivity contribution < 1.29 is 4.79 Å². The van der Waals surface area contributed by atoms with Gasteiger partial charge in [0.05, 0.1) is 10.2 Å². The third-order valence-corrected chi connectivity index (χ3v) is 4.44. The monoisotopic (exact) mass is 325 g/mol. The van der Waals surface area contributed by atoms with Crippen LogP contribution in [0, 0.1) is 0 Å². The number of nitrogens with one attached hydrogen (secondary N) is 2. The molecule has 1 aromatic heterocycles. The van der Waals surface area contributed by atoms with E-state index in [2.05, 4.69) is 48.5 Å². The smallest absolute Gasteiger partial charge is 0.308 e. The molecule has 0 radical (unpaired) electrons. The Morgan fingerprint density at radius 1 is 1.04 bits per heavy atom. The number of aromatic nitrogens is 1. The van der Waals surface area contributed by atoms with Gasteiger partial charge in [0.2, 0.25) is 0 Å². The molecule has 2 amide bonds. The zero-order valence-corrected chi connectivity index (χ0v) is 14.2. The molecule has 5 heteroatoms. The van der Waals surface area contributed by atoms with Gasteiger partial charge in [0.15, 0.2) is 5.13 Å². The van der Waals surface area contributed by atoms with Crippen LogP contribution in [0.2, 0.25) is 0 Å². The van der Waals surface area contributed by atoms with Crippen molar-refractivity contribution in [1.29, 1.82) is 0 Å². The van der Waals surface area contributed by atoms with E-state index in [0.717, 1.165) is 15.9 Å². The van der Waals surface area contributed by atoms with Crippen LogP contribution in [0.3, 0.4) is 0 Å². The largest absolute Gasteiger partial charge is 0.325 e. The number of para-hydroxylation sites is 1. The molecule has 0 spiro atoms. The van der Waals surface area contributed by atoms with Gasteiger partial charge in [-0.15, -0.1) is 0 Å². The predicted octanol–water partition coefficient (Wildman–Crippen LogP) is 5.24. The van der Waals surface area contributed by atoms with E-state index < -0.39 is 0 Å². The molecule has 4 nitrogen and oxygen atoms in total. The number of carbonyl (C=O) groups is 1.